The molecule has 1 saturated heterocycles. The van der Waals surface area contributed by atoms with E-state index in [9.17, 15) is 4.79 Å². The van der Waals surface area contributed by atoms with Gasteiger partial charge in [-0.05, 0) is 68.8 Å². The number of amides is 1. The monoisotopic (exact) mass is 401 g/mol. The van der Waals surface area contributed by atoms with Gasteiger partial charge in [0.15, 0.2) is 0 Å². The van der Waals surface area contributed by atoms with Crippen molar-refractivity contribution in [3.8, 4) is 5.75 Å². The van der Waals surface area contributed by atoms with Crippen molar-refractivity contribution < 1.29 is 9.53 Å². The number of anilines is 2. The predicted molar refractivity (Wildman–Crippen MR) is 115 cm³/mol. The lowest BCUT2D eigenvalue weighted by molar-refractivity contribution is -0.117. The van der Waals surface area contributed by atoms with Crippen molar-refractivity contribution in [2.75, 3.05) is 44.0 Å². The van der Waals surface area contributed by atoms with E-state index >= 15 is 0 Å². The van der Waals surface area contributed by atoms with Gasteiger partial charge in [-0.2, -0.15) is 0 Å². The third-order valence-electron chi connectivity index (χ3n) is 4.97. The molecule has 1 heterocycles. The van der Waals surface area contributed by atoms with E-state index in [2.05, 4.69) is 22.3 Å². The minimum Gasteiger partial charge on any atom is -0.496 e. The number of hydrogen-bond donors (Lipinski definition) is 1. The van der Waals surface area contributed by atoms with Crippen molar-refractivity contribution in [2.45, 2.75) is 25.8 Å². The minimum atomic E-state index is -0.0470. The highest BCUT2D eigenvalue weighted by atomic mass is 35.5. The highest BCUT2D eigenvalue weighted by Crippen LogP contribution is 2.24. The Balaban J connectivity index is 1.52. The number of nitrogens with zero attached hydrogens (tertiary/aromatic N) is 2. The molecule has 0 radical (unpaired) electrons. The molecule has 1 fully saturated rings. The lowest BCUT2D eigenvalue weighted by atomic mass is 10.1. The van der Waals surface area contributed by atoms with Crippen LogP contribution in [0.25, 0.3) is 0 Å². The molecule has 1 aliphatic rings. The van der Waals surface area contributed by atoms with Gasteiger partial charge in [0.1, 0.15) is 5.75 Å². The summed E-state index contributed by atoms with van der Waals surface area (Å²) in [5, 5.41) is 3.63. The molecular weight excluding hydrogens is 374 g/mol. The van der Waals surface area contributed by atoms with Gasteiger partial charge < -0.3 is 15.0 Å². The lowest BCUT2D eigenvalue weighted by Crippen LogP contribution is -2.30. The van der Waals surface area contributed by atoms with Crippen LogP contribution in [0.1, 0.15) is 24.8 Å². The first-order valence-electron chi connectivity index (χ1n) is 9.71. The van der Waals surface area contributed by atoms with Gasteiger partial charge in [0.2, 0.25) is 5.91 Å². The van der Waals surface area contributed by atoms with Gasteiger partial charge in [-0.1, -0.05) is 11.6 Å². The predicted octanol–water partition coefficient (Wildman–Crippen LogP) is 4.41. The molecular formula is C22H28ClN3O2. The molecule has 1 aliphatic heterocycles. The number of nitrogens with one attached hydrogen (secondary N) is 1. The SMILES string of the molecule is COc1ccc(Cl)cc1CN(C)CC(=O)Nc1ccc(N2CCCCC2)cc1. The molecule has 150 valence electrons. The summed E-state index contributed by atoms with van der Waals surface area (Å²) in [5.41, 5.74) is 3.00. The fourth-order valence-corrected chi connectivity index (χ4v) is 3.77. The first kappa shape index (κ1) is 20.5. The van der Waals surface area contributed by atoms with Gasteiger partial charge in [0.05, 0.1) is 13.7 Å². The van der Waals surface area contributed by atoms with Crippen molar-refractivity contribution >= 4 is 28.9 Å². The van der Waals surface area contributed by atoms with Gasteiger partial charge in [-0.15, -0.1) is 0 Å². The third kappa shape index (κ3) is 5.63. The first-order valence-corrected chi connectivity index (χ1v) is 10.1. The molecule has 0 atom stereocenters. The Bertz CT molecular complexity index is 789. The zero-order chi connectivity index (χ0) is 19.9. The summed E-state index contributed by atoms with van der Waals surface area (Å²) in [6.07, 6.45) is 3.82. The normalized spacial score (nSPS) is 14.2. The van der Waals surface area contributed by atoms with Gasteiger partial charge in [0.25, 0.3) is 0 Å². The average Bonchev–Trinajstić information content (AvgIpc) is 2.69. The van der Waals surface area contributed by atoms with E-state index in [0.29, 0.717) is 11.6 Å². The molecule has 6 heteroatoms. The van der Waals surface area contributed by atoms with Gasteiger partial charge >= 0.3 is 0 Å². The summed E-state index contributed by atoms with van der Waals surface area (Å²) in [7, 11) is 3.53. The molecule has 0 bridgehead atoms. The number of likely N-dealkylation sites (N-methyl/N-ethyl adjacent to an activating group) is 1. The van der Waals surface area contributed by atoms with Crippen LogP contribution in [-0.4, -0.2) is 44.6 Å². The number of benzene rings is 2. The number of piperidine rings is 1. The number of hydrogen-bond acceptors (Lipinski definition) is 4. The summed E-state index contributed by atoms with van der Waals surface area (Å²) in [6, 6.07) is 13.6. The van der Waals surface area contributed by atoms with Crippen LogP contribution in [0.3, 0.4) is 0 Å². The number of methoxy groups -OCH3 is 1. The minimum absolute atomic E-state index is 0.0470. The average molecular weight is 402 g/mol. The lowest BCUT2D eigenvalue weighted by Gasteiger charge is -2.28. The summed E-state index contributed by atoms with van der Waals surface area (Å²) >= 11 is 6.08. The Hall–Kier alpha value is -2.24. The van der Waals surface area contributed by atoms with Gasteiger partial charge in [-0.3, -0.25) is 9.69 Å². The van der Waals surface area contributed by atoms with Crippen molar-refractivity contribution in [1.29, 1.82) is 0 Å². The van der Waals surface area contributed by atoms with Crippen LogP contribution in [0.15, 0.2) is 42.5 Å². The van der Waals surface area contributed by atoms with E-state index < -0.39 is 0 Å². The molecule has 3 rings (SSSR count). The molecule has 0 unspecified atom stereocenters. The summed E-state index contributed by atoms with van der Waals surface area (Å²) in [6.45, 7) is 3.08. The van der Waals surface area contributed by atoms with Crippen LogP contribution >= 0.6 is 11.6 Å². The van der Waals surface area contributed by atoms with Crippen LogP contribution in [0.4, 0.5) is 11.4 Å². The number of rotatable bonds is 7. The van der Waals surface area contributed by atoms with Crippen molar-refractivity contribution in [3.63, 3.8) is 0 Å². The Morgan fingerprint density at radius 1 is 1.14 bits per heavy atom. The smallest absolute Gasteiger partial charge is 0.238 e. The second-order valence-electron chi connectivity index (χ2n) is 7.27. The maximum Gasteiger partial charge on any atom is 0.238 e. The highest BCUT2D eigenvalue weighted by molar-refractivity contribution is 6.30. The molecule has 5 nitrogen and oxygen atoms in total. The zero-order valence-corrected chi connectivity index (χ0v) is 17.3. The number of carbonyl (C=O) groups excluding carboxylic acids is 1. The fraction of sp³-hybridized carbons (Fsp3) is 0.409. The molecule has 1 amide bonds. The fourth-order valence-electron chi connectivity index (χ4n) is 3.57. The first-order chi connectivity index (χ1) is 13.5. The van der Waals surface area contributed by atoms with E-state index in [0.717, 1.165) is 30.1 Å². The van der Waals surface area contributed by atoms with E-state index in [1.807, 2.05) is 36.2 Å². The van der Waals surface area contributed by atoms with Crippen molar-refractivity contribution in [2.24, 2.45) is 0 Å². The Morgan fingerprint density at radius 3 is 2.54 bits per heavy atom. The number of ether oxygens (including phenoxy) is 1. The van der Waals surface area contributed by atoms with E-state index in [-0.39, 0.29) is 12.5 Å². The summed E-state index contributed by atoms with van der Waals surface area (Å²) in [4.78, 5) is 16.7. The Labute approximate surface area is 172 Å². The molecule has 0 saturated carbocycles. The maximum atomic E-state index is 12.4. The van der Waals surface area contributed by atoms with E-state index in [4.69, 9.17) is 16.3 Å². The highest BCUT2D eigenvalue weighted by Gasteiger charge is 2.13. The van der Waals surface area contributed by atoms with Gasteiger partial charge in [0, 0.05) is 41.6 Å². The molecule has 0 aromatic heterocycles. The summed E-state index contributed by atoms with van der Waals surface area (Å²) in [5.74, 6) is 0.721. The van der Waals surface area contributed by atoms with Crippen LogP contribution in [-0.2, 0) is 11.3 Å². The topological polar surface area (TPSA) is 44.8 Å². The number of carbonyl (C=O) groups is 1. The molecule has 0 aliphatic carbocycles. The third-order valence-corrected chi connectivity index (χ3v) is 5.20. The van der Waals surface area contributed by atoms with E-state index in [1.165, 1.54) is 24.9 Å². The van der Waals surface area contributed by atoms with Crippen LogP contribution in [0, 0.1) is 0 Å². The maximum absolute atomic E-state index is 12.4. The van der Waals surface area contributed by atoms with E-state index in [1.54, 1.807) is 13.2 Å². The Kier molecular flexibility index (Phi) is 7.18. The largest absolute Gasteiger partial charge is 0.496 e. The Morgan fingerprint density at radius 2 is 1.86 bits per heavy atom. The molecule has 2 aromatic carbocycles. The standard InChI is InChI=1S/C22H28ClN3O2/c1-25(15-17-14-18(23)6-11-21(17)28-2)16-22(27)24-19-7-9-20(10-8-19)26-12-4-3-5-13-26/h6-11,14H,3-5,12-13,15-16H2,1-2H3,(H,24,27). The number of halogens is 1. The van der Waals surface area contributed by atoms with Crippen molar-refractivity contribution in [1.82, 2.24) is 4.90 Å². The molecule has 0 spiro atoms. The molecule has 28 heavy (non-hydrogen) atoms. The van der Waals surface area contributed by atoms with Crippen molar-refractivity contribution in [3.05, 3.63) is 53.1 Å². The quantitative estimate of drug-likeness (QED) is 0.746. The summed E-state index contributed by atoms with van der Waals surface area (Å²) < 4.78 is 5.37. The zero-order valence-electron chi connectivity index (χ0n) is 16.6. The second-order valence-corrected chi connectivity index (χ2v) is 7.71. The molecule has 1 N–H and O–H groups in total. The molecule has 2 aromatic rings. The van der Waals surface area contributed by atoms with Gasteiger partial charge in [-0.25, -0.2) is 0 Å². The van der Waals surface area contributed by atoms with Crippen LogP contribution in [0.2, 0.25) is 5.02 Å². The second kappa shape index (κ2) is 9.80. The van der Waals surface area contributed by atoms with Crippen LogP contribution < -0.4 is 15.0 Å². The van der Waals surface area contributed by atoms with Crippen LogP contribution in [0.5, 0.6) is 5.75 Å².